The van der Waals surface area contributed by atoms with Crippen LogP contribution in [-0.2, 0) is 4.74 Å². The van der Waals surface area contributed by atoms with Crippen molar-refractivity contribution in [3.05, 3.63) is 29.3 Å². The van der Waals surface area contributed by atoms with Crippen molar-refractivity contribution in [2.24, 2.45) is 0 Å². The van der Waals surface area contributed by atoms with E-state index in [0.717, 1.165) is 30.1 Å². The van der Waals surface area contributed by atoms with Gasteiger partial charge in [0.25, 0.3) is 0 Å². The third-order valence-electron chi connectivity index (χ3n) is 3.94. The molecule has 1 aromatic carbocycles. The number of ether oxygens (including phenoxy) is 1. The van der Waals surface area contributed by atoms with Crippen LogP contribution >= 0.6 is 23.6 Å². The van der Waals surface area contributed by atoms with Crippen LogP contribution in [0, 0.1) is 0 Å². The molecule has 4 nitrogen and oxygen atoms in total. The van der Waals surface area contributed by atoms with Crippen LogP contribution < -0.4 is 5.32 Å². The Bertz CT molecular complexity index is 610. The second-order valence-electron chi connectivity index (χ2n) is 5.45. The van der Waals surface area contributed by atoms with E-state index in [-0.39, 0.29) is 0 Å². The SMILES string of the molecule is COCCNC(=S)N1CCCC[C@@H]1c1nc2ccccc2s1. The molecule has 1 N–H and O–H groups in total. The van der Waals surface area contributed by atoms with Crippen LogP contribution in [0.1, 0.15) is 30.3 Å². The van der Waals surface area contributed by atoms with Crippen LogP contribution in [0.15, 0.2) is 24.3 Å². The Hall–Kier alpha value is -1.24. The number of benzene rings is 1. The first-order valence-electron chi connectivity index (χ1n) is 7.68. The molecule has 0 bridgehead atoms. The van der Waals surface area contributed by atoms with Gasteiger partial charge in [-0.1, -0.05) is 12.1 Å². The van der Waals surface area contributed by atoms with E-state index in [1.807, 2.05) is 6.07 Å². The Morgan fingerprint density at radius 1 is 1.45 bits per heavy atom. The van der Waals surface area contributed by atoms with Gasteiger partial charge < -0.3 is 15.0 Å². The molecule has 0 radical (unpaired) electrons. The maximum absolute atomic E-state index is 5.58. The number of rotatable bonds is 4. The first-order chi connectivity index (χ1) is 10.8. The lowest BCUT2D eigenvalue weighted by Crippen LogP contribution is -2.45. The highest BCUT2D eigenvalue weighted by Gasteiger charge is 2.28. The predicted octanol–water partition coefficient (Wildman–Crippen LogP) is 3.34. The van der Waals surface area contributed by atoms with Crippen molar-refractivity contribution in [1.29, 1.82) is 0 Å². The number of hydrogen-bond acceptors (Lipinski definition) is 4. The van der Waals surface area contributed by atoms with Crippen molar-refractivity contribution >= 4 is 38.9 Å². The van der Waals surface area contributed by atoms with Crippen LogP contribution in [0.25, 0.3) is 10.2 Å². The highest BCUT2D eigenvalue weighted by atomic mass is 32.1. The van der Waals surface area contributed by atoms with Gasteiger partial charge in [-0.15, -0.1) is 11.3 Å². The second-order valence-corrected chi connectivity index (χ2v) is 6.90. The van der Waals surface area contributed by atoms with E-state index in [2.05, 4.69) is 28.4 Å². The molecule has 1 atom stereocenters. The Balaban J connectivity index is 1.78. The van der Waals surface area contributed by atoms with Crippen molar-refractivity contribution < 1.29 is 4.74 Å². The molecule has 22 heavy (non-hydrogen) atoms. The lowest BCUT2D eigenvalue weighted by Gasteiger charge is -2.36. The number of nitrogens with one attached hydrogen (secondary N) is 1. The molecule has 2 heterocycles. The number of piperidine rings is 1. The first-order valence-corrected chi connectivity index (χ1v) is 8.91. The standard InChI is InChI=1S/C16H21N3OS2/c1-20-11-9-17-16(21)19-10-5-4-7-13(19)15-18-12-6-2-3-8-14(12)22-15/h2-3,6,8,13H,4-5,7,9-11H2,1H3,(H,17,21)/t13-/m1/s1. The van der Waals surface area contributed by atoms with E-state index < -0.39 is 0 Å². The summed E-state index contributed by atoms with van der Waals surface area (Å²) in [5.74, 6) is 0. The number of fused-ring (bicyclic) bond motifs is 1. The normalized spacial score (nSPS) is 18.6. The fourth-order valence-corrected chi connectivity index (χ4v) is 4.26. The molecule has 0 amide bonds. The second kappa shape index (κ2) is 7.35. The van der Waals surface area contributed by atoms with Gasteiger partial charge in [0.1, 0.15) is 5.01 Å². The van der Waals surface area contributed by atoms with Crippen molar-refractivity contribution in [2.45, 2.75) is 25.3 Å². The molecule has 0 unspecified atom stereocenters. The quantitative estimate of drug-likeness (QED) is 0.685. The molecule has 1 saturated heterocycles. The average Bonchev–Trinajstić information content (AvgIpc) is 2.99. The fourth-order valence-electron chi connectivity index (χ4n) is 2.83. The number of thiocarbonyl (C=S) groups is 1. The minimum atomic E-state index is 0.300. The largest absolute Gasteiger partial charge is 0.383 e. The van der Waals surface area contributed by atoms with Crippen LogP contribution in [0.3, 0.4) is 0 Å². The number of aromatic nitrogens is 1. The number of likely N-dealkylation sites (tertiary alicyclic amines) is 1. The van der Waals surface area contributed by atoms with Crippen molar-refractivity contribution in [2.75, 3.05) is 26.8 Å². The molecular weight excluding hydrogens is 314 g/mol. The third-order valence-corrected chi connectivity index (χ3v) is 5.46. The summed E-state index contributed by atoms with van der Waals surface area (Å²) in [6, 6.07) is 8.63. The third kappa shape index (κ3) is 3.39. The van der Waals surface area contributed by atoms with E-state index in [0.29, 0.717) is 12.6 Å². The predicted molar refractivity (Wildman–Crippen MR) is 95.4 cm³/mol. The van der Waals surface area contributed by atoms with Crippen LogP contribution in [0.4, 0.5) is 0 Å². The van der Waals surface area contributed by atoms with Gasteiger partial charge in [-0.3, -0.25) is 0 Å². The molecule has 1 aromatic heterocycles. The van der Waals surface area contributed by atoms with Crippen molar-refractivity contribution in [3.8, 4) is 0 Å². The van der Waals surface area contributed by atoms with Crippen LogP contribution in [0.2, 0.25) is 0 Å². The summed E-state index contributed by atoms with van der Waals surface area (Å²) in [4.78, 5) is 7.13. The minimum absolute atomic E-state index is 0.300. The molecule has 0 saturated carbocycles. The maximum Gasteiger partial charge on any atom is 0.169 e. The molecule has 118 valence electrons. The highest BCUT2D eigenvalue weighted by molar-refractivity contribution is 7.80. The Morgan fingerprint density at radius 2 is 2.32 bits per heavy atom. The van der Waals surface area contributed by atoms with E-state index in [9.17, 15) is 0 Å². The van der Waals surface area contributed by atoms with Crippen molar-refractivity contribution in [3.63, 3.8) is 0 Å². The van der Waals surface area contributed by atoms with Gasteiger partial charge in [-0.2, -0.15) is 0 Å². The maximum atomic E-state index is 5.58. The molecule has 2 aromatic rings. The van der Waals surface area contributed by atoms with Gasteiger partial charge in [0, 0.05) is 20.2 Å². The summed E-state index contributed by atoms with van der Waals surface area (Å²) in [6.45, 7) is 2.41. The molecule has 3 rings (SSSR count). The molecule has 0 spiro atoms. The van der Waals surface area contributed by atoms with Gasteiger partial charge in [0.2, 0.25) is 0 Å². The van der Waals surface area contributed by atoms with Gasteiger partial charge in [0.15, 0.2) is 5.11 Å². The topological polar surface area (TPSA) is 37.4 Å². The fraction of sp³-hybridized carbons (Fsp3) is 0.500. The zero-order valence-electron chi connectivity index (χ0n) is 12.7. The zero-order valence-corrected chi connectivity index (χ0v) is 14.4. The van der Waals surface area contributed by atoms with Crippen LogP contribution in [0.5, 0.6) is 0 Å². The summed E-state index contributed by atoms with van der Waals surface area (Å²) < 4.78 is 6.33. The molecule has 1 aliphatic heterocycles. The Morgan fingerprint density at radius 3 is 3.14 bits per heavy atom. The average molecular weight is 335 g/mol. The summed E-state index contributed by atoms with van der Waals surface area (Å²) >= 11 is 7.37. The van der Waals surface area contributed by atoms with E-state index in [1.54, 1.807) is 18.4 Å². The summed E-state index contributed by atoms with van der Waals surface area (Å²) in [7, 11) is 1.70. The lowest BCUT2D eigenvalue weighted by atomic mass is 10.0. The van der Waals surface area contributed by atoms with Gasteiger partial charge in [-0.05, 0) is 43.6 Å². The smallest absolute Gasteiger partial charge is 0.169 e. The Labute approximate surface area is 140 Å². The molecule has 0 aliphatic carbocycles. The lowest BCUT2D eigenvalue weighted by molar-refractivity contribution is 0.199. The molecule has 6 heteroatoms. The summed E-state index contributed by atoms with van der Waals surface area (Å²) in [5.41, 5.74) is 1.09. The first kappa shape index (κ1) is 15.6. The highest BCUT2D eigenvalue weighted by Crippen LogP contribution is 2.35. The monoisotopic (exact) mass is 335 g/mol. The summed E-state index contributed by atoms with van der Waals surface area (Å²) in [6.07, 6.45) is 3.54. The number of hydrogen-bond donors (Lipinski definition) is 1. The van der Waals surface area contributed by atoms with Crippen molar-refractivity contribution in [1.82, 2.24) is 15.2 Å². The number of nitrogens with zero attached hydrogens (tertiary/aromatic N) is 2. The van der Waals surface area contributed by atoms with E-state index in [1.165, 1.54) is 22.5 Å². The van der Waals surface area contributed by atoms with Gasteiger partial charge in [-0.25, -0.2) is 4.98 Å². The molecule has 1 fully saturated rings. The van der Waals surface area contributed by atoms with E-state index >= 15 is 0 Å². The Kier molecular flexibility index (Phi) is 5.23. The summed E-state index contributed by atoms with van der Waals surface area (Å²) in [5, 5.41) is 5.29. The molecular formula is C16H21N3OS2. The number of thiazole rings is 1. The van der Waals surface area contributed by atoms with Crippen LogP contribution in [-0.4, -0.2) is 41.8 Å². The minimum Gasteiger partial charge on any atom is -0.383 e. The van der Waals surface area contributed by atoms with Gasteiger partial charge >= 0.3 is 0 Å². The number of para-hydroxylation sites is 1. The zero-order chi connectivity index (χ0) is 15.4. The van der Waals surface area contributed by atoms with E-state index in [4.69, 9.17) is 21.9 Å². The molecule has 1 aliphatic rings. The number of methoxy groups -OCH3 is 1. The van der Waals surface area contributed by atoms with Gasteiger partial charge in [0.05, 0.1) is 22.9 Å².